The molecule has 5 nitrogen and oxygen atoms in total. The minimum Gasteiger partial charge on any atom is -0.483 e. The molecule has 126 valence electrons. The van der Waals surface area contributed by atoms with Gasteiger partial charge in [0.1, 0.15) is 6.10 Å². The second-order valence-electron chi connectivity index (χ2n) is 6.44. The van der Waals surface area contributed by atoms with Crippen LogP contribution in [0.3, 0.4) is 0 Å². The van der Waals surface area contributed by atoms with E-state index in [0.717, 1.165) is 48.7 Å². The van der Waals surface area contributed by atoms with Crippen LogP contribution in [0.1, 0.15) is 28.8 Å². The summed E-state index contributed by atoms with van der Waals surface area (Å²) in [6.45, 7) is 2.40. The van der Waals surface area contributed by atoms with Crippen molar-refractivity contribution in [3.63, 3.8) is 0 Å². The summed E-state index contributed by atoms with van der Waals surface area (Å²) in [7, 11) is 0. The number of aliphatic hydroxyl groups is 1. The van der Waals surface area contributed by atoms with Crippen molar-refractivity contribution in [3.8, 4) is 0 Å². The minimum absolute atomic E-state index is 0.106. The quantitative estimate of drug-likeness (QED) is 0.823. The lowest BCUT2D eigenvalue weighted by Gasteiger charge is -2.35. The summed E-state index contributed by atoms with van der Waals surface area (Å²) in [5.74, 6) is -0.0353. The number of piperidine rings is 1. The predicted molar refractivity (Wildman–Crippen MR) is 91.7 cm³/mol. The van der Waals surface area contributed by atoms with E-state index in [2.05, 4.69) is 4.90 Å². The van der Waals surface area contributed by atoms with Gasteiger partial charge in [0.25, 0.3) is 5.78 Å². The van der Waals surface area contributed by atoms with Gasteiger partial charge in [-0.15, -0.1) is 11.8 Å². The van der Waals surface area contributed by atoms with Crippen molar-refractivity contribution in [2.75, 3.05) is 25.4 Å². The summed E-state index contributed by atoms with van der Waals surface area (Å²) >= 11 is 1.60. The Labute approximate surface area is 144 Å². The Hall–Kier alpha value is -1.63. The molecular formula is C18H19NO4S. The summed E-state index contributed by atoms with van der Waals surface area (Å²) in [5.41, 5.74) is 1.28. The van der Waals surface area contributed by atoms with E-state index in [1.54, 1.807) is 23.9 Å². The molecule has 1 aliphatic carbocycles. The first-order chi connectivity index (χ1) is 11.6. The Morgan fingerprint density at radius 3 is 2.58 bits per heavy atom. The van der Waals surface area contributed by atoms with Crippen molar-refractivity contribution in [1.82, 2.24) is 4.90 Å². The van der Waals surface area contributed by atoms with Crippen molar-refractivity contribution >= 4 is 28.2 Å². The van der Waals surface area contributed by atoms with E-state index >= 15 is 0 Å². The molecule has 1 N–H and O–H groups in total. The van der Waals surface area contributed by atoms with Gasteiger partial charge in [0.15, 0.2) is 5.76 Å². The second kappa shape index (κ2) is 6.35. The molecule has 1 aromatic carbocycles. The molecule has 0 radical (unpaired) electrons. The normalized spacial score (nSPS) is 25.3. The number of aliphatic hydroxyl groups excluding tert-OH is 1. The van der Waals surface area contributed by atoms with Crippen LogP contribution in [-0.2, 0) is 9.53 Å². The van der Waals surface area contributed by atoms with Gasteiger partial charge in [-0.2, -0.15) is 0 Å². The summed E-state index contributed by atoms with van der Waals surface area (Å²) in [5, 5.41) is 9.59. The number of benzene rings is 1. The molecule has 1 fully saturated rings. The zero-order valence-electron chi connectivity index (χ0n) is 13.2. The lowest BCUT2D eigenvalue weighted by Crippen LogP contribution is -2.43. The second-order valence-corrected chi connectivity index (χ2v) is 7.47. The van der Waals surface area contributed by atoms with Crippen LogP contribution in [0.5, 0.6) is 0 Å². The molecule has 3 aliphatic rings. The van der Waals surface area contributed by atoms with Crippen LogP contribution >= 0.6 is 11.8 Å². The Balaban J connectivity index is 1.54. The minimum atomic E-state index is -0.532. The third-order valence-corrected chi connectivity index (χ3v) is 5.98. The fourth-order valence-corrected chi connectivity index (χ4v) is 4.57. The maximum absolute atomic E-state index is 12.4. The van der Waals surface area contributed by atoms with E-state index < -0.39 is 11.6 Å². The molecule has 0 saturated carbocycles. The van der Waals surface area contributed by atoms with E-state index in [-0.39, 0.29) is 18.0 Å². The number of fused-ring (bicyclic) bond motifs is 2. The summed E-state index contributed by atoms with van der Waals surface area (Å²) in [6, 6.07) is 7.22. The molecule has 1 atom stereocenters. The Kier molecular flexibility index (Phi) is 4.20. The van der Waals surface area contributed by atoms with E-state index in [9.17, 15) is 14.7 Å². The van der Waals surface area contributed by atoms with E-state index in [1.807, 2.05) is 12.1 Å². The molecule has 0 spiro atoms. The number of thioether (sulfide) groups is 1. The first kappa shape index (κ1) is 15.9. The number of likely N-dealkylation sites (tertiary alicyclic amines) is 1. The highest BCUT2D eigenvalue weighted by molar-refractivity contribution is 8.08. The van der Waals surface area contributed by atoms with E-state index in [1.165, 1.54) is 0 Å². The van der Waals surface area contributed by atoms with Gasteiger partial charge in [-0.25, -0.2) is 0 Å². The molecular weight excluding hydrogens is 326 g/mol. The van der Waals surface area contributed by atoms with Crippen molar-refractivity contribution in [2.24, 2.45) is 0 Å². The third kappa shape index (κ3) is 2.79. The summed E-state index contributed by atoms with van der Waals surface area (Å²) in [4.78, 5) is 27.8. The number of carbonyl (C=O) groups is 2. The van der Waals surface area contributed by atoms with Gasteiger partial charge in [-0.1, -0.05) is 24.3 Å². The molecule has 0 amide bonds. The maximum atomic E-state index is 12.4. The molecule has 2 aliphatic heterocycles. The Morgan fingerprint density at radius 1 is 1.12 bits per heavy atom. The number of hydrogen-bond donors (Lipinski definition) is 1. The summed E-state index contributed by atoms with van der Waals surface area (Å²) < 4.78 is 5.94. The first-order valence-electron chi connectivity index (χ1n) is 8.26. The first-order valence-corrected chi connectivity index (χ1v) is 9.24. The van der Waals surface area contributed by atoms with Crippen LogP contribution in [0.2, 0.25) is 0 Å². The molecule has 1 unspecified atom stereocenters. The summed E-state index contributed by atoms with van der Waals surface area (Å²) in [6.07, 6.45) is 1.24. The monoisotopic (exact) mass is 345 g/mol. The molecule has 24 heavy (non-hydrogen) atoms. The van der Waals surface area contributed by atoms with Crippen LogP contribution in [0.25, 0.3) is 4.91 Å². The standard InChI is InChI=1S/C18H19NO4S/c20-11-5-7-19(8-6-11)9-12-10-24-18-14-4-2-1-3-13(14)15(21)16(22)17(18)23-12/h1-4,11-12,20H,5-10H2. The maximum Gasteiger partial charge on any atom is 0.269 e. The lowest BCUT2D eigenvalue weighted by atomic mass is 9.94. The van der Waals surface area contributed by atoms with Gasteiger partial charge in [0.05, 0.1) is 11.0 Å². The van der Waals surface area contributed by atoms with Gasteiger partial charge in [0.2, 0.25) is 5.78 Å². The fourth-order valence-electron chi connectivity index (χ4n) is 3.44. The molecule has 6 heteroatoms. The van der Waals surface area contributed by atoms with Gasteiger partial charge < -0.3 is 9.84 Å². The number of ketones is 2. The molecule has 1 saturated heterocycles. The van der Waals surface area contributed by atoms with Gasteiger partial charge in [0, 0.05) is 36.5 Å². The van der Waals surface area contributed by atoms with Crippen molar-refractivity contribution in [2.45, 2.75) is 25.0 Å². The van der Waals surface area contributed by atoms with Crippen LogP contribution < -0.4 is 0 Å². The zero-order chi connectivity index (χ0) is 16.7. The van der Waals surface area contributed by atoms with Gasteiger partial charge in [-0.3, -0.25) is 14.5 Å². The Bertz CT molecular complexity index is 721. The highest BCUT2D eigenvalue weighted by Gasteiger charge is 2.38. The van der Waals surface area contributed by atoms with Crippen LogP contribution in [0.15, 0.2) is 30.0 Å². The Morgan fingerprint density at radius 2 is 1.83 bits per heavy atom. The predicted octanol–water partition coefficient (Wildman–Crippen LogP) is 1.71. The van der Waals surface area contributed by atoms with Crippen molar-refractivity contribution in [3.05, 3.63) is 41.2 Å². The number of rotatable bonds is 2. The highest BCUT2D eigenvalue weighted by atomic mass is 32.2. The fraction of sp³-hybridized carbons (Fsp3) is 0.444. The lowest BCUT2D eigenvalue weighted by molar-refractivity contribution is -0.116. The molecule has 4 rings (SSSR count). The van der Waals surface area contributed by atoms with Crippen LogP contribution in [0.4, 0.5) is 0 Å². The average molecular weight is 345 g/mol. The van der Waals surface area contributed by atoms with Crippen LogP contribution in [-0.4, -0.2) is 59.2 Å². The largest absolute Gasteiger partial charge is 0.483 e. The smallest absolute Gasteiger partial charge is 0.269 e. The number of nitrogens with zero attached hydrogens (tertiary/aromatic N) is 1. The SMILES string of the molecule is O=C1C(=O)c2ccccc2C2=C1OC(CN1CCC(O)CC1)CS2. The van der Waals surface area contributed by atoms with E-state index in [4.69, 9.17) is 4.74 Å². The molecule has 1 aromatic rings. The topological polar surface area (TPSA) is 66.8 Å². The number of hydrogen-bond acceptors (Lipinski definition) is 6. The average Bonchev–Trinajstić information content (AvgIpc) is 2.62. The number of Topliss-reactive ketones (excluding diaryl/α,β-unsaturated/α-hetero) is 2. The van der Waals surface area contributed by atoms with Crippen molar-refractivity contribution < 1.29 is 19.4 Å². The van der Waals surface area contributed by atoms with Crippen LogP contribution in [0, 0.1) is 0 Å². The van der Waals surface area contributed by atoms with Gasteiger partial charge in [-0.05, 0) is 12.8 Å². The number of allylic oxidation sites excluding steroid dienone is 1. The number of carbonyl (C=O) groups excluding carboxylic acids is 2. The number of ether oxygens (including phenoxy) is 1. The third-order valence-electron chi connectivity index (χ3n) is 4.75. The highest BCUT2D eigenvalue weighted by Crippen LogP contribution is 2.42. The van der Waals surface area contributed by atoms with Gasteiger partial charge >= 0.3 is 0 Å². The molecule has 0 bridgehead atoms. The molecule has 0 aromatic heterocycles. The van der Waals surface area contributed by atoms with E-state index in [0.29, 0.717) is 5.56 Å². The molecule has 2 heterocycles. The van der Waals surface area contributed by atoms with Crippen molar-refractivity contribution in [1.29, 1.82) is 0 Å². The zero-order valence-corrected chi connectivity index (χ0v) is 14.1.